The van der Waals surface area contributed by atoms with Crippen molar-refractivity contribution in [1.29, 1.82) is 0.594 Å². The zero-order chi connectivity index (χ0) is 4.71. The Bertz CT molecular complexity index is 34.3. The SMILES string of the molecule is C.C.C.C.C.C.C.C.C.C.C.C.C.C.C.C.C.C.C.C.C.P=S.[3H][I-]C.[F-]. The predicted octanol–water partition coefficient (Wildman–Crippen LogP) is 7.86. The first-order valence-corrected chi connectivity index (χ1v) is 4.37. The van der Waals surface area contributed by atoms with Gasteiger partial charge in [0.25, 0.3) is 0 Å². The maximum absolute atomic E-state index is 6.32. The van der Waals surface area contributed by atoms with Crippen LogP contribution in [0.15, 0.2) is 0 Å². The minimum atomic E-state index is -0.160. The summed E-state index contributed by atoms with van der Waals surface area (Å²) in [6.45, 7) is 0. The van der Waals surface area contributed by atoms with Gasteiger partial charge in [-0.3, -0.25) is 0 Å². The van der Waals surface area contributed by atoms with E-state index in [2.05, 4.69) is 19.8 Å². The molecule has 0 nitrogen and oxygen atoms in total. The van der Waals surface area contributed by atoms with E-state index >= 15 is 0 Å². The van der Waals surface area contributed by atoms with Gasteiger partial charge in [0.05, 0.1) is 0 Å². The van der Waals surface area contributed by atoms with Crippen LogP contribution in [0, 0.1) is 0 Å². The molecule has 0 aromatic rings. The van der Waals surface area contributed by atoms with E-state index in [0.29, 0.717) is 0 Å². The first-order chi connectivity index (χ1) is 2.41. The fourth-order valence-electron chi connectivity index (χ4n) is 0. The summed E-state index contributed by atoms with van der Waals surface area (Å²) in [4.78, 5) is 1.90. The van der Waals surface area contributed by atoms with Crippen LogP contribution in [0.25, 0.3) is 0 Å². The summed E-state index contributed by atoms with van der Waals surface area (Å²) in [7, 11) is 2.56. The van der Waals surface area contributed by atoms with Crippen molar-refractivity contribution in [3.05, 3.63) is 0 Å². The van der Waals surface area contributed by atoms with Crippen LogP contribution in [0.3, 0.4) is 0 Å². The average Bonchev–Trinajstić information content (AvgIpc) is 1.46. The molecule has 0 heterocycles. The molecule has 0 spiro atoms. The van der Waals surface area contributed by atoms with Crippen LogP contribution in [0.2, 0.25) is 0 Å². The Labute approximate surface area is 207 Å². The smallest absolute Gasteiger partial charge is 1.00 e. The van der Waals surface area contributed by atoms with E-state index in [0.717, 1.165) is 0 Å². The molecule has 0 aromatic heterocycles. The van der Waals surface area contributed by atoms with E-state index in [4.69, 9.17) is 0.594 Å². The molecule has 0 aliphatic heterocycles. The van der Waals surface area contributed by atoms with Gasteiger partial charge in [-0.2, -0.15) is 0 Å². The van der Waals surface area contributed by atoms with Gasteiger partial charge in [0, 0.05) is 0 Å². The number of alkyl halides is 1. The zero-order valence-electron chi connectivity index (χ0n) is 3.66. The van der Waals surface area contributed by atoms with Crippen molar-refractivity contribution < 1.29 is 27.1 Å². The maximum Gasteiger partial charge on any atom is -1.00 e. The Morgan fingerprint density at radius 2 is 0.423 bits per heavy atom. The molecule has 0 amide bonds. The predicted molar refractivity (Wildman–Crippen MR) is 164 cm³/mol. The molecule has 0 aliphatic carbocycles. The van der Waals surface area contributed by atoms with Gasteiger partial charge in [-0.15, -0.1) is 0 Å². The monoisotopic (exact) mass is 565 g/mol. The number of hydrogen-bond acceptors (Lipinski definition) is 1. The molecule has 0 aromatic carbocycles. The van der Waals surface area contributed by atoms with Gasteiger partial charge in [-0.05, 0) is 8.02 Å². The molecule has 0 bridgehead atoms. The van der Waals surface area contributed by atoms with E-state index in [1.807, 2.05) is 4.93 Å². The van der Waals surface area contributed by atoms with Crippen molar-refractivity contribution in [3.63, 3.8) is 0 Å². The van der Waals surface area contributed by atoms with Crippen LogP contribution in [0.5, 0.6) is 0 Å². The van der Waals surface area contributed by atoms with Gasteiger partial charge < -0.3 is 4.70 Å². The van der Waals surface area contributed by atoms with Gasteiger partial charge in [0.1, 0.15) is 0 Å². The topological polar surface area (TPSA) is 0 Å². The van der Waals surface area contributed by atoms with Crippen LogP contribution in [0.4, 0.5) is 0 Å². The summed E-state index contributed by atoms with van der Waals surface area (Å²) >= 11 is 3.73. The molecule has 0 fully saturated rings. The third-order valence-corrected chi connectivity index (χ3v) is 0. The normalized spacial score (nSPS) is 1.04. The summed E-state index contributed by atoms with van der Waals surface area (Å²) in [5.74, 6) is 0. The molecular formula is C22H89FIPS-2. The Kier molecular flexibility index (Phi) is 489000. The molecule has 204 valence electrons. The Morgan fingerprint density at radius 1 is 0.423 bits per heavy atom. The largest absolute Gasteiger partial charge is 1.00 e. The second-order valence-corrected chi connectivity index (χ2v) is 0. The first-order valence-electron chi connectivity index (χ1n) is 0.960. The molecule has 0 saturated heterocycles. The molecule has 0 atom stereocenters. The number of rotatable bonds is 0. The van der Waals surface area contributed by atoms with Crippen molar-refractivity contribution in [2.75, 3.05) is 4.93 Å². The summed E-state index contributed by atoms with van der Waals surface area (Å²) in [5.41, 5.74) is 0. The molecule has 0 unspecified atom stereocenters. The Hall–Kier alpha value is 1.18. The first kappa shape index (κ1) is 1070. The van der Waals surface area contributed by atoms with Gasteiger partial charge >= 0.3 is 27.9 Å². The van der Waals surface area contributed by atoms with Gasteiger partial charge in [-0.25, -0.2) is 0 Å². The third kappa shape index (κ3) is 10600. The summed E-state index contributed by atoms with van der Waals surface area (Å²) < 4.78 is 6.32. The zero-order valence-corrected chi connectivity index (χ0v) is 6.64. The van der Waals surface area contributed by atoms with Crippen molar-refractivity contribution in [1.82, 2.24) is 0 Å². The third-order valence-electron chi connectivity index (χ3n) is 0. The fraction of sp³-hybridized carbons (Fsp3) is 1.00. The molecule has 0 aliphatic rings. The Morgan fingerprint density at radius 3 is 0.423 bits per heavy atom. The van der Waals surface area contributed by atoms with E-state index in [9.17, 15) is 0 Å². The van der Waals surface area contributed by atoms with Crippen molar-refractivity contribution in [2.45, 2.75) is 156 Å². The minimum absolute atomic E-state index is 0. The van der Waals surface area contributed by atoms with Crippen LogP contribution in [-0.2, 0) is 11.8 Å². The van der Waals surface area contributed by atoms with E-state index < -0.39 is 0 Å². The van der Waals surface area contributed by atoms with E-state index in [-0.39, 0.29) is 183 Å². The molecule has 4 heteroatoms. The van der Waals surface area contributed by atoms with E-state index in [1.165, 1.54) is 0 Å². The summed E-state index contributed by atoms with van der Waals surface area (Å²) in [6, 6.07) is 0. The standard InChI is InChI=1S/CH4I.21CH4.FH.HPS/c1-2;;;;;;;;;;;;;;;;;;;;;;;1-2/h2H,1H3;21*1H4;1H;1H/q-1;;;;;;;;;;;;;;;;;;;;;;;/p-1/i2T;;;;;;;;;;;;;;;;;;;;;;;. The Balaban J connectivity index is -0.000000000168. The molecule has 0 radical (unpaired) electrons. The number of hydrogen-bond donors (Lipinski definition) is 0. The fourth-order valence-corrected chi connectivity index (χ4v) is 0. The maximum atomic E-state index is 6.32. The molecule has 0 saturated carbocycles. The molecule has 0 rings (SSSR count). The van der Waals surface area contributed by atoms with Crippen LogP contribution in [0.1, 0.15) is 156 Å². The van der Waals surface area contributed by atoms with Crippen molar-refractivity contribution in [2.24, 2.45) is 0 Å². The van der Waals surface area contributed by atoms with Crippen LogP contribution in [-0.4, -0.2) is 5.52 Å². The van der Waals surface area contributed by atoms with Crippen LogP contribution < -0.4 is 27.1 Å². The van der Waals surface area contributed by atoms with E-state index in [1.54, 1.807) is 0 Å². The molecule has 26 heavy (non-hydrogen) atoms. The second-order valence-electron chi connectivity index (χ2n) is 0. The summed E-state index contributed by atoms with van der Waals surface area (Å²) in [5, 5.41) is 0. The van der Waals surface area contributed by atoms with Crippen molar-refractivity contribution in [3.8, 4) is 0 Å². The second kappa shape index (κ2) is 11900. The van der Waals surface area contributed by atoms with Gasteiger partial charge in [0.15, 0.2) is 0 Å². The molecular weight excluding hydrogens is 473 g/mol. The summed E-state index contributed by atoms with van der Waals surface area (Å²) in [6.07, 6.45) is 0. The minimum Gasteiger partial charge on any atom is -1.00 e. The number of halogens is 2. The van der Waals surface area contributed by atoms with Crippen LogP contribution >= 0.6 is 8.02 Å². The van der Waals surface area contributed by atoms with Gasteiger partial charge in [-0.1, -0.05) is 168 Å². The average molecular weight is 565 g/mol. The molecule has 0 N–H and O–H groups in total. The van der Waals surface area contributed by atoms with Crippen molar-refractivity contribution >= 4 is 19.8 Å². The quantitative estimate of drug-likeness (QED) is 0.164. The van der Waals surface area contributed by atoms with Gasteiger partial charge in [0.2, 0.25) is 0 Å².